The van der Waals surface area contributed by atoms with Crippen molar-refractivity contribution in [3.05, 3.63) is 156 Å². The van der Waals surface area contributed by atoms with Crippen LogP contribution in [-0.2, 0) is 26.6 Å². The Labute approximate surface area is 279 Å². The summed E-state index contributed by atoms with van der Waals surface area (Å²) in [5.41, 5.74) is 8.01. The summed E-state index contributed by atoms with van der Waals surface area (Å²) in [6, 6.07) is 34.2. The molecule has 10 nitrogen and oxygen atoms in total. The molecule has 1 saturated heterocycles. The molecule has 0 spiro atoms. The number of oxime groups is 1. The first kappa shape index (κ1) is 30.3. The molecule has 2 aliphatic rings. The monoisotopic (exact) mass is 660 g/mol. The van der Waals surface area contributed by atoms with Gasteiger partial charge in [0.1, 0.15) is 11.4 Å². The summed E-state index contributed by atoms with van der Waals surface area (Å²) >= 11 is 2.55. The van der Waals surface area contributed by atoms with Crippen molar-refractivity contribution in [1.82, 2.24) is 19.6 Å². The van der Waals surface area contributed by atoms with Crippen molar-refractivity contribution in [2.75, 3.05) is 11.5 Å². The van der Waals surface area contributed by atoms with E-state index in [0.717, 1.165) is 39.5 Å². The van der Waals surface area contributed by atoms with Crippen LogP contribution in [0.2, 0.25) is 0 Å². The van der Waals surface area contributed by atoms with E-state index in [-0.39, 0.29) is 27.9 Å². The number of carbonyl (C=O) groups is 2. The molecule has 12 heteroatoms. The summed E-state index contributed by atoms with van der Waals surface area (Å²) in [6.07, 6.45) is 5.87. The summed E-state index contributed by atoms with van der Waals surface area (Å²) in [5, 5.41) is 7.30. The Bertz CT molecular complexity index is 1840. The zero-order chi connectivity index (χ0) is 32.2. The highest BCUT2D eigenvalue weighted by Gasteiger charge is 2.50. The van der Waals surface area contributed by atoms with E-state index in [9.17, 15) is 9.59 Å². The Morgan fingerprint density at radius 2 is 1.51 bits per heavy atom. The van der Waals surface area contributed by atoms with E-state index in [2.05, 4.69) is 24.4 Å². The molecule has 3 N–H and O–H groups in total. The van der Waals surface area contributed by atoms with Crippen LogP contribution in [0.1, 0.15) is 22.5 Å². The highest BCUT2D eigenvalue weighted by Crippen LogP contribution is 2.41. The third-order valence-electron chi connectivity index (χ3n) is 7.97. The van der Waals surface area contributed by atoms with Crippen molar-refractivity contribution < 1.29 is 19.0 Å². The van der Waals surface area contributed by atoms with E-state index in [1.165, 1.54) is 0 Å². The fraction of sp³-hybridized carbons (Fsp3) is 0.143. The van der Waals surface area contributed by atoms with Gasteiger partial charge >= 0.3 is 0 Å². The summed E-state index contributed by atoms with van der Waals surface area (Å²) in [5.74, 6) is -0.108. The van der Waals surface area contributed by atoms with Gasteiger partial charge in [-0.05, 0) is 0 Å². The average molecular weight is 661 g/mol. The van der Waals surface area contributed by atoms with Gasteiger partial charge in [0.25, 0.3) is 11.8 Å². The molecule has 47 heavy (non-hydrogen) atoms. The van der Waals surface area contributed by atoms with Crippen molar-refractivity contribution in [3.63, 3.8) is 0 Å². The van der Waals surface area contributed by atoms with E-state index in [0.29, 0.717) is 6.54 Å². The number of β-lactam (4-membered cyclic amide) rings is 1. The average Bonchev–Trinajstić information content (AvgIpc) is 3.56. The lowest BCUT2D eigenvalue weighted by Gasteiger charge is -2.47. The standard InChI is InChI=1S/C35H29N7O3S2/c36-34-38-30(40-47-34)28(31(43)37-29-32(44)42-22-24(23-46-33(29)42)21-41-19-11-4-12-20-41)39-45-35(25-13-5-1-6-14-25,26-15-7-2-8-16-26)27-17-9-3-10-18-27/h1-20,22,29,33H,21,23H2,(H2-,36,37,38,40,43)/p+1/t29?,33-/m0/s1. The largest absolute Gasteiger partial charge is 0.374 e. The Balaban J connectivity index is 1.21. The molecule has 234 valence electrons. The van der Waals surface area contributed by atoms with Crippen molar-refractivity contribution in [2.24, 2.45) is 5.16 Å². The fourth-order valence-electron chi connectivity index (χ4n) is 5.74. The number of nitrogens with two attached hydrogens (primary N) is 1. The number of hydrogen-bond acceptors (Lipinski definition) is 9. The molecule has 2 atom stereocenters. The van der Waals surface area contributed by atoms with Crippen LogP contribution in [-0.4, -0.2) is 49.0 Å². The number of benzene rings is 3. The molecule has 2 aliphatic heterocycles. The predicted molar refractivity (Wildman–Crippen MR) is 181 cm³/mol. The molecule has 7 rings (SSSR count). The van der Waals surface area contributed by atoms with Crippen LogP contribution in [0.15, 0.2) is 139 Å². The van der Waals surface area contributed by atoms with E-state index >= 15 is 0 Å². The smallest absolute Gasteiger partial charge is 0.278 e. The molecule has 2 aromatic heterocycles. The number of aromatic nitrogens is 3. The van der Waals surface area contributed by atoms with E-state index < -0.39 is 17.6 Å². The minimum atomic E-state index is -1.24. The number of fused-ring (bicyclic) bond motifs is 1. The summed E-state index contributed by atoms with van der Waals surface area (Å²) in [7, 11) is 0. The van der Waals surface area contributed by atoms with Crippen molar-refractivity contribution >= 4 is 46.0 Å². The first-order valence-corrected chi connectivity index (χ1v) is 16.8. The topological polar surface area (TPSA) is 127 Å². The Morgan fingerprint density at radius 1 is 0.936 bits per heavy atom. The van der Waals surface area contributed by atoms with Gasteiger partial charge in [-0.1, -0.05) is 102 Å². The minimum Gasteiger partial charge on any atom is -0.374 e. The van der Waals surface area contributed by atoms with E-state index in [1.807, 2.05) is 128 Å². The highest BCUT2D eigenvalue weighted by molar-refractivity contribution is 8.00. The molecule has 0 aliphatic carbocycles. The number of hydrogen-bond donors (Lipinski definition) is 2. The van der Waals surface area contributed by atoms with Crippen LogP contribution < -0.4 is 15.6 Å². The maximum atomic E-state index is 14.0. The van der Waals surface area contributed by atoms with Crippen molar-refractivity contribution in [3.8, 4) is 0 Å². The van der Waals surface area contributed by atoms with Crippen LogP contribution in [0.5, 0.6) is 0 Å². The molecule has 1 fully saturated rings. The van der Waals surface area contributed by atoms with Gasteiger partial charge in [-0.25, -0.2) is 4.57 Å². The molecular formula is C35H30N7O3S2+. The van der Waals surface area contributed by atoms with Crippen LogP contribution in [0.3, 0.4) is 0 Å². The number of nitrogen functional groups attached to an aromatic ring is 1. The molecule has 0 radical (unpaired) electrons. The second-order valence-corrected chi connectivity index (χ2v) is 12.9. The maximum Gasteiger partial charge on any atom is 0.278 e. The quantitative estimate of drug-likeness (QED) is 0.0760. The summed E-state index contributed by atoms with van der Waals surface area (Å²) in [6.45, 7) is 0.679. The van der Waals surface area contributed by atoms with Gasteiger partial charge in [0.05, 0.1) is 0 Å². The zero-order valence-corrected chi connectivity index (χ0v) is 26.7. The highest BCUT2D eigenvalue weighted by atomic mass is 32.2. The molecule has 0 saturated carbocycles. The second-order valence-electron chi connectivity index (χ2n) is 11.0. The van der Waals surface area contributed by atoms with Gasteiger partial charge in [-0.15, -0.1) is 11.8 Å². The summed E-state index contributed by atoms with van der Waals surface area (Å²) < 4.78 is 6.34. The molecule has 0 bridgehead atoms. The first-order chi connectivity index (χ1) is 23.0. The van der Waals surface area contributed by atoms with Crippen LogP contribution in [0, 0.1) is 0 Å². The lowest BCUT2D eigenvalue weighted by Crippen LogP contribution is -2.69. The van der Waals surface area contributed by atoms with Gasteiger partial charge in [0.2, 0.25) is 17.1 Å². The minimum absolute atomic E-state index is 0.00933. The van der Waals surface area contributed by atoms with E-state index in [1.54, 1.807) is 16.7 Å². The van der Waals surface area contributed by atoms with Gasteiger partial charge in [-0.3, -0.25) is 9.59 Å². The Hall–Kier alpha value is -5.33. The Kier molecular flexibility index (Phi) is 8.51. The van der Waals surface area contributed by atoms with Gasteiger partial charge < -0.3 is 20.8 Å². The number of nitrogens with zero attached hydrogens (tertiary/aromatic N) is 5. The van der Waals surface area contributed by atoms with Gasteiger partial charge in [0.15, 0.2) is 24.1 Å². The third-order valence-corrected chi connectivity index (χ3v) is 9.89. The Morgan fingerprint density at radius 3 is 2.06 bits per heavy atom. The predicted octanol–water partition coefficient (Wildman–Crippen LogP) is 4.10. The molecule has 5 aromatic rings. The molecular weight excluding hydrogens is 631 g/mol. The fourth-order valence-corrected chi connectivity index (χ4v) is 7.42. The third kappa shape index (κ3) is 6.00. The zero-order valence-electron chi connectivity index (χ0n) is 25.0. The SMILES string of the molecule is Nc1nc(C(=NOC(c2ccccc2)(c2ccccc2)c2ccccc2)C(=O)NC2C(=O)N3C=C(C[n+]4ccccc4)CS[C@@H]23)ns1. The number of anilines is 1. The number of pyridine rings is 1. The van der Waals surface area contributed by atoms with Gasteiger partial charge in [0, 0.05) is 57.9 Å². The molecule has 2 amide bonds. The molecule has 1 unspecified atom stereocenters. The van der Waals surface area contributed by atoms with Crippen LogP contribution in [0.25, 0.3) is 0 Å². The number of rotatable bonds is 10. The lowest BCUT2D eigenvalue weighted by atomic mass is 9.80. The normalized spacial score (nSPS) is 17.7. The second kappa shape index (κ2) is 13.2. The molecule has 3 aromatic carbocycles. The number of carbonyl (C=O) groups excluding carboxylic acids is 2. The van der Waals surface area contributed by atoms with Crippen molar-refractivity contribution in [2.45, 2.75) is 23.6 Å². The number of nitrogens with one attached hydrogen (secondary N) is 1. The van der Waals surface area contributed by atoms with Crippen molar-refractivity contribution in [1.29, 1.82) is 0 Å². The first-order valence-electron chi connectivity index (χ1n) is 14.9. The summed E-state index contributed by atoms with van der Waals surface area (Å²) in [4.78, 5) is 39.8. The van der Waals surface area contributed by atoms with Crippen LogP contribution >= 0.6 is 23.3 Å². The lowest BCUT2D eigenvalue weighted by molar-refractivity contribution is -0.689. The van der Waals surface area contributed by atoms with Gasteiger partial charge in [-0.2, -0.15) is 9.36 Å². The molecule has 4 heterocycles. The number of thioether (sulfide) groups is 1. The maximum absolute atomic E-state index is 14.0. The van der Waals surface area contributed by atoms with E-state index in [4.69, 9.17) is 10.6 Å². The van der Waals surface area contributed by atoms with Crippen LogP contribution in [0.4, 0.5) is 5.13 Å². The number of amides is 2.